The van der Waals surface area contributed by atoms with E-state index in [4.69, 9.17) is 14.2 Å². The SMILES string of the molecule is C=C(C)c1ccc(S(=O)(=O)Nc2nc(-c3ncccn3)nc(OCCO)c2Oc2ccccc2OC)cc1. The first-order valence-corrected chi connectivity index (χ1v) is 12.8. The Morgan fingerprint density at radius 3 is 2.29 bits per heavy atom. The maximum absolute atomic E-state index is 13.4. The normalized spacial score (nSPS) is 11.0. The smallest absolute Gasteiger partial charge is 0.263 e. The second kappa shape index (κ2) is 11.7. The van der Waals surface area contributed by atoms with Gasteiger partial charge in [0.25, 0.3) is 15.9 Å². The van der Waals surface area contributed by atoms with Gasteiger partial charge in [0.1, 0.15) is 6.61 Å². The number of rotatable bonds is 11. The molecule has 38 heavy (non-hydrogen) atoms. The number of nitrogens with zero attached hydrogens (tertiary/aromatic N) is 4. The third-order valence-corrected chi connectivity index (χ3v) is 6.45. The summed E-state index contributed by atoms with van der Waals surface area (Å²) < 4.78 is 46.3. The number of benzene rings is 2. The molecule has 12 heteroatoms. The Hall–Kier alpha value is -4.55. The third-order valence-electron chi connectivity index (χ3n) is 5.10. The minimum absolute atomic E-state index is 0.0142. The zero-order valence-electron chi connectivity index (χ0n) is 20.7. The fourth-order valence-electron chi connectivity index (χ4n) is 3.26. The Kier molecular flexibility index (Phi) is 8.14. The predicted octanol–water partition coefficient (Wildman–Crippen LogP) is 3.94. The van der Waals surface area contributed by atoms with Gasteiger partial charge in [0.15, 0.2) is 23.1 Å². The topological polar surface area (TPSA) is 146 Å². The van der Waals surface area contributed by atoms with Crippen LogP contribution in [0.5, 0.6) is 23.1 Å². The molecule has 0 fully saturated rings. The van der Waals surface area contributed by atoms with E-state index in [0.29, 0.717) is 5.75 Å². The van der Waals surface area contributed by atoms with Gasteiger partial charge >= 0.3 is 0 Å². The molecule has 0 bridgehead atoms. The summed E-state index contributed by atoms with van der Waals surface area (Å²) in [5.41, 5.74) is 1.60. The predicted molar refractivity (Wildman–Crippen MR) is 141 cm³/mol. The van der Waals surface area contributed by atoms with Crippen LogP contribution in [0.15, 0.2) is 78.5 Å². The van der Waals surface area contributed by atoms with Crippen molar-refractivity contribution in [3.05, 3.63) is 79.1 Å². The molecule has 0 radical (unpaired) electrons. The van der Waals surface area contributed by atoms with Crippen LogP contribution in [0, 0.1) is 0 Å². The van der Waals surface area contributed by atoms with Gasteiger partial charge in [-0.05, 0) is 42.8 Å². The molecular formula is C26H25N5O6S. The van der Waals surface area contributed by atoms with Gasteiger partial charge in [0.2, 0.25) is 11.6 Å². The average molecular weight is 536 g/mol. The number of nitrogens with one attached hydrogen (secondary N) is 1. The quantitative estimate of drug-likeness (QED) is 0.290. The summed E-state index contributed by atoms with van der Waals surface area (Å²) in [6.45, 7) is 5.22. The Morgan fingerprint density at radius 2 is 1.66 bits per heavy atom. The van der Waals surface area contributed by atoms with Crippen LogP contribution in [0.25, 0.3) is 17.2 Å². The van der Waals surface area contributed by atoms with Gasteiger partial charge in [0.05, 0.1) is 18.6 Å². The Morgan fingerprint density at radius 1 is 0.974 bits per heavy atom. The van der Waals surface area contributed by atoms with Crippen molar-refractivity contribution in [1.29, 1.82) is 0 Å². The summed E-state index contributed by atoms with van der Waals surface area (Å²) in [5, 5.41) is 9.37. The number of sulfonamides is 1. The number of hydrogen-bond acceptors (Lipinski definition) is 10. The number of aliphatic hydroxyl groups is 1. The van der Waals surface area contributed by atoms with Gasteiger partial charge in [-0.3, -0.25) is 4.72 Å². The van der Waals surface area contributed by atoms with Crippen LogP contribution in [-0.4, -0.2) is 53.8 Å². The van der Waals surface area contributed by atoms with Crippen molar-refractivity contribution in [2.24, 2.45) is 0 Å². The van der Waals surface area contributed by atoms with Crippen LogP contribution < -0.4 is 18.9 Å². The third kappa shape index (κ3) is 6.05. The summed E-state index contributed by atoms with van der Waals surface area (Å²) in [6, 6.07) is 14.6. The van der Waals surface area contributed by atoms with E-state index in [1.807, 2.05) is 6.92 Å². The van der Waals surface area contributed by atoms with Crippen LogP contribution in [-0.2, 0) is 10.0 Å². The maximum atomic E-state index is 13.4. The van der Waals surface area contributed by atoms with Gasteiger partial charge < -0.3 is 19.3 Å². The van der Waals surface area contributed by atoms with Crippen molar-refractivity contribution in [2.75, 3.05) is 25.0 Å². The number of para-hydroxylation sites is 2. The number of aliphatic hydroxyl groups excluding tert-OH is 1. The number of methoxy groups -OCH3 is 1. The molecule has 0 aliphatic rings. The lowest BCUT2D eigenvalue weighted by Crippen LogP contribution is -2.16. The highest BCUT2D eigenvalue weighted by atomic mass is 32.2. The Bertz CT molecular complexity index is 1530. The minimum Gasteiger partial charge on any atom is -0.493 e. The molecule has 0 amide bonds. The molecule has 4 aromatic rings. The lowest BCUT2D eigenvalue weighted by atomic mass is 10.1. The van der Waals surface area contributed by atoms with Gasteiger partial charge in [-0.1, -0.05) is 36.4 Å². The van der Waals surface area contributed by atoms with Gasteiger partial charge in [-0.2, -0.15) is 4.98 Å². The van der Waals surface area contributed by atoms with Crippen molar-refractivity contribution < 1.29 is 27.7 Å². The zero-order chi connectivity index (χ0) is 27.1. The number of ether oxygens (including phenoxy) is 3. The van der Waals surface area contributed by atoms with Crippen LogP contribution in [0.1, 0.15) is 12.5 Å². The van der Waals surface area contributed by atoms with Crippen LogP contribution >= 0.6 is 0 Å². The fourth-order valence-corrected chi connectivity index (χ4v) is 4.27. The summed E-state index contributed by atoms with van der Waals surface area (Å²) in [6.07, 6.45) is 2.98. The largest absolute Gasteiger partial charge is 0.493 e. The number of allylic oxidation sites excluding steroid dienone is 1. The van der Waals surface area contributed by atoms with Gasteiger partial charge in [0, 0.05) is 12.4 Å². The standard InChI is InChI=1S/C26H25N5O6S/c1-17(2)18-9-11-19(12-10-18)38(33,34)31-23-22(37-21-8-5-4-7-20(21)35-3)26(36-16-15-32)30-25(29-23)24-27-13-6-14-28-24/h4-14,32H,1,15-16H2,2-3H3,(H,29,30,31). The van der Waals surface area contributed by atoms with E-state index in [9.17, 15) is 13.5 Å². The molecule has 11 nitrogen and oxygen atoms in total. The molecule has 0 aliphatic heterocycles. The minimum atomic E-state index is -4.15. The van der Waals surface area contributed by atoms with Crippen LogP contribution in [0.4, 0.5) is 5.82 Å². The Labute approximate surface area is 219 Å². The highest BCUT2D eigenvalue weighted by molar-refractivity contribution is 7.92. The summed E-state index contributed by atoms with van der Waals surface area (Å²) in [5.74, 6) is 0.202. The average Bonchev–Trinajstić information content (AvgIpc) is 2.93. The summed E-state index contributed by atoms with van der Waals surface area (Å²) >= 11 is 0. The molecule has 0 atom stereocenters. The molecule has 2 N–H and O–H groups in total. The number of aromatic nitrogens is 4. The van der Waals surface area contributed by atoms with Crippen molar-refractivity contribution >= 4 is 21.4 Å². The molecule has 0 saturated carbocycles. The first kappa shape index (κ1) is 26.5. The van der Waals surface area contributed by atoms with Gasteiger partial charge in [-0.15, -0.1) is 0 Å². The fraction of sp³-hybridized carbons (Fsp3) is 0.154. The van der Waals surface area contributed by atoms with Crippen molar-refractivity contribution in [1.82, 2.24) is 19.9 Å². The van der Waals surface area contributed by atoms with E-state index in [1.54, 1.807) is 42.5 Å². The highest BCUT2D eigenvalue weighted by Gasteiger charge is 2.26. The highest BCUT2D eigenvalue weighted by Crippen LogP contribution is 2.41. The molecule has 0 spiro atoms. The van der Waals surface area contributed by atoms with E-state index >= 15 is 0 Å². The van der Waals surface area contributed by atoms with Crippen molar-refractivity contribution in [3.63, 3.8) is 0 Å². The van der Waals surface area contributed by atoms with E-state index < -0.39 is 10.0 Å². The molecule has 2 aromatic carbocycles. The molecule has 0 unspecified atom stereocenters. The lowest BCUT2D eigenvalue weighted by molar-refractivity contribution is 0.192. The first-order chi connectivity index (χ1) is 18.3. The Balaban J connectivity index is 1.86. The molecule has 0 saturated heterocycles. The van der Waals surface area contributed by atoms with E-state index in [2.05, 4.69) is 31.2 Å². The molecule has 4 rings (SSSR count). The van der Waals surface area contributed by atoms with E-state index in [0.717, 1.165) is 11.1 Å². The second-order valence-electron chi connectivity index (χ2n) is 7.84. The maximum Gasteiger partial charge on any atom is 0.263 e. The number of anilines is 1. The van der Waals surface area contributed by atoms with Crippen LogP contribution in [0.3, 0.4) is 0 Å². The van der Waals surface area contributed by atoms with Crippen molar-refractivity contribution in [3.8, 4) is 34.8 Å². The van der Waals surface area contributed by atoms with E-state index in [1.165, 1.54) is 31.6 Å². The lowest BCUT2D eigenvalue weighted by Gasteiger charge is -2.18. The van der Waals surface area contributed by atoms with E-state index in [-0.39, 0.29) is 53.0 Å². The van der Waals surface area contributed by atoms with Crippen LogP contribution in [0.2, 0.25) is 0 Å². The number of hydrogen-bond donors (Lipinski definition) is 2. The van der Waals surface area contributed by atoms with Crippen molar-refractivity contribution in [2.45, 2.75) is 11.8 Å². The first-order valence-electron chi connectivity index (χ1n) is 11.3. The molecular weight excluding hydrogens is 510 g/mol. The monoisotopic (exact) mass is 535 g/mol. The second-order valence-corrected chi connectivity index (χ2v) is 9.52. The molecule has 2 aromatic heterocycles. The molecule has 2 heterocycles. The molecule has 196 valence electrons. The zero-order valence-corrected chi connectivity index (χ0v) is 21.5. The summed E-state index contributed by atoms with van der Waals surface area (Å²) in [7, 11) is -2.68. The molecule has 0 aliphatic carbocycles. The summed E-state index contributed by atoms with van der Waals surface area (Å²) in [4.78, 5) is 17.0. The van der Waals surface area contributed by atoms with Gasteiger partial charge in [-0.25, -0.2) is 23.4 Å².